The van der Waals surface area contributed by atoms with E-state index in [1.807, 2.05) is 38.1 Å². The fraction of sp³-hybridized carbons (Fsp3) is 0.348. The van der Waals surface area contributed by atoms with Crippen molar-refractivity contribution in [1.29, 1.82) is 0 Å². The molecule has 0 radical (unpaired) electrons. The van der Waals surface area contributed by atoms with Gasteiger partial charge in [0.25, 0.3) is 0 Å². The van der Waals surface area contributed by atoms with E-state index < -0.39 is 11.0 Å². The highest BCUT2D eigenvalue weighted by Crippen LogP contribution is 2.26. The van der Waals surface area contributed by atoms with Gasteiger partial charge in [0.15, 0.2) is 0 Å². The van der Waals surface area contributed by atoms with Crippen LogP contribution in [-0.2, 0) is 28.7 Å². The van der Waals surface area contributed by atoms with Gasteiger partial charge in [0, 0.05) is 41.3 Å². The monoisotopic (exact) mass is 446 g/mol. The Labute approximate surface area is 185 Å². The maximum Gasteiger partial charge on any atom is 0.233 e. The van der Waals surface area contributed by atoms with E-state index in [2.05, 4.69) is 27.6 Å². The van der Waals surface area contributed by atoms with Gasteiger partial charge in [-0.1, -0.05) is 29.8 Å². The topological polar surface area (TPSA) is 60.3 Å². The summed E-state index contributed by atoms with van der Waals surface area (Å²) in [4.78, 5) is 11.8. The molecule has 0 aliphatic carbocycles. The summed E-state index contributed by atoms with van der Waals surface area (Å²) in [6.07, 6.45) is 5.61. The summed E-state index contributed by atoms with van der Waals surface area (Å²) in [5.41, 5.74) is 4.37. The van der Waals surface area contributed by atoms with E-state index in [1.165, 1.54) is 17.2 Å². The molecule has 1 aromatic heterocycles. The SMILES string of the molecule is Cc1cc(OCCCc2cn(CCC(=O)NS(C)=O)c3ccccc23)cc(C)c1Cl. The molecule has 0 saturated carbocycles. The van der Waals surface area contributed by atoms with Crippen LogP contribution in [0, 0.1) is 13.8 Å². The maximum absolute atomic E-state index is 11.8. The Morgan fingerprint density at radius 2 is 1.90 bits per heavy atom. The summed E-state index contributed by atoms with van der Waals surface area (Å²) >= 11 is 6.22. The quantitative estimate of drug-likeness (QED) is 0.483. The number of aryl methyl sites for hydroxylation is 4. The fourth-order valence-electron chi connectivity index (χ4n) is 3.58. The number of aromatic nitrogens is 1. The van der Waals surface area contributed by atoms with Crippen LogP contribution in [0.3, 0.4) is 0 Å². The number of fused-ring (bicyclic) bond motifs is 1. The van der Waals surface area contributed by atoms with Crippen LogP contribution >= 0.6 is 11.6 Å². The van der Waals surface area contributed by atoms with E-state index in [0.29, 0.717) is 13.2 Å². The van der Waals surface area contributed by atoms with Crippen LogP contribution in [0.5, 0.6) is 5.75 Å². The molecule has 1 N–H and O–H groups in total. The van der Waals surface area contributed by atoms with Crippen molar-refractivity contribution in [3.8, 4) is 5.75 Å². The highest BCUT2D eigenvalue weighted by Gasteiger charge is 2.10. The van der Waals surface area contributed by atoms with Crippen LogP contribution in [0.2, 0.25) is 5.02 Å². The minimum absolute atomic E-state index is 0.211. The van der Waals surface area contributed by atoms with Crippen LogP contribution in [0.4, 0.5) is 0 Å². The number of hydrogen-bond donors (Lipinski definition) is 1. The number of hydrogen-bond acceptors (Lipinski definition) is 3. The van der Waals surface area contributed by atoms with Crippen LogP contribution in [-0.4, -0.2) is 27.5 Å². The lowest BCUT2D eigenvalue weighted by Crippen LogP contribution is -2.25. The van der Waals surface area contributed by atoms with Gasteiger partial charge in [0.2, 0.25) is 5.91 Å². The van der Waals surface area contributed by atoms with E-state index in [0.717, 1.165) is 40.3 Å². The highest BCUT2D eigenvalue weighted by molar-refractivity contribution is 7.82. The van der Waals surface area contributed by atoms with E-state index >= 15 is 0 Å². The number of halogens is 1. The molecule has 0 saturated heterocycles. The lowest BCUT2D eigenvalue weighted by molar-refractivity contribution is -0.119. The van der Waals surface area contributed by atoms with Crippen molar-refractivity contribution in [1.82, 2.24) is 9.29 Å². The van der Waals surface area contributed by atoms with E-state index in [1.54, 1.807) is 0 Å². The number of amides is 1. The Kier molecular flexibility index (Phi) is 7.56. The summed E-state index contributed by atoms with van der Waals surface area (Å²) in [7, 11) is -1.33. The first-order chi connectivity index (χ1) is 14.3. The molecule has 0 aliphatic heterocycles. The van der Waals surface area contributed by atoms with Crippen LogP contribution < -0.4 is 9.46 Å². The normalized spacial score (nSPS) is 12.1. The van der Waals surface area contributed by atoms with Gasteiger partial charge in [-0.15, -0.1) is 0 Å². The standard InChI is InChI=1S/C23H27ClN2O3S/c1-16-13-19(14-17(2)23(16)24)29-12-6-7-18-15-26(11-10-22(27)25-30(3)28)21-9-5-4-8-20(18)21/h4-5,8-9,13-15H,6-7,10-12H2,1-3H3,(H,25,27). The van der Waals surface area contributed by atoms with Crippen molar-refractivity contribution in [2.24, 2.45) is 0 Å². The molecule has 1 atom stereocenters. The molecule has 7 heteroatoms. The number of carbonyl (C=O) groups is 1. The molecule has 3 rings (SSSR count). The van der Waals surface area contributed by atoms with Gasteiger partial charge in [-0.3, -0.25) is 9.52 Å². The smallest absolute Gasteiger partial charge is 0.233 e. The molecular weight excluding hydrogens is 420 g/mol. The minimum atomic E-state index is -1.33. The summed E-state index contributed by atoms with van der Waals surface area (Å²) in [6, 6.07) is 12.1. The average molecular weight is 447 g/mol. The molecule has 3 aromatic rings. The largest absolute Gasteiger partial charge is 0.494 e. The number of rotatable bonds is 9. The second kappa shape index (κ2) is 10.1. The minimum Gasteiger partial charge on any atom is -0.494 e. The van der Waals surface area contributed by atoms with Crippen molar-refractivity contribution in [2.75, 3.05) is 12.9 Å². The van der Waals surface area contributed by atoms with E-state index in [-0.39, 0.29) is 12.3 Å². The zero-order valence-corrected chi connectivity index (χ0v) is 19.1. The Balaban J connectivity index is 1.62. The van der Waals surface area contributed by atoms with Gasteiger partial charge >= 0.3 is 0 Å². The Hall–Kier alpha value is -2.31. The first-order valence-electron chi connectivity index (χ1n) is 9.94. The average Bonchev–Trinajstić information content (AvgIpc) is 3.05. The number of nitrogens with zero attached hydrogens (tertiary/aromatic N) is 1. The molecule has 0 bridgehead atoms. The predicted octanol–water partition coefficient (Wildman–Crippen LogP) is 4.72. The molecule has 5 nitrogen and oxygen atoms in total. The van der Waals surface area contributed by atoms with E-state index in [4.69, 9.17) is 16.3 Å². The third-order valence-corrected chi connectivity index (χ3v) is 6.09. The third kappa shape index (κ3) is 5.64. The fourth-order valence-corrected chi connectivity index (χ4v) is 4.11. The van der Waals surface area contributed by atoms with Gasteiger partial charge < -0.3 is 9.30 Å². The molecule has 0 spiro atoms. The molecule has 1 unspecified atom stereocenters. The maximum atomic E-state index is 11.8. The zero-order valence-electron chi connectivity index (χ0n) is 17.5. The molecular formula is C23H27ClN2O3S. The van der Waals surface area contributed by atoms with Gasteiger partial charge in [-0.05, 0) is 61.6 Å². The second-order valence-corrected chi connectivity index (χ2v) is 8.91. The molecule has 0 fully saturated rings. The van der Waals surface area contributed by atoms with Crippen LogP contribution in [0.15, 0.2) is 42.6 Å². The summed E-state index contributed by atoms with van der Waals surface area (Å²) in [5.74, 6) is 0.633. The number of benzene rings is 2. The van der Waals surface area contributed by atoms with Crippen molar-refractivity contribution < 1.29 is 13.7 Å². The van der Waals surface area contributed by atoms with Gasteiger partial charge in [-0.25, -0.2) is 4.21 Å². The first-order valence-corrected chi connectivity index (χ1v) is 11.9. The van der Waals surface area contributed by atoms with Gasteiger partial charge in [-0.2, -0.15) is 0 Å². The van der Waals surface area contributed by atoms with Crippen molar-refractivity contribution >= 4 is 39.4 Å². The number of ether oxygens (including phenoxy) is 1. The summed E-state index contributed by atoms with van der Waals surface area (Å²) < 4.78 is 21.6. The first kappa shape index (κ1) is 22.4. The number of para-hydroxylation sites is 1. The predicted molar refractivity (Wildman–Crippen MR) is 124 cm³/mol. The molecule has 2 aromatic carbocycles. The number of nitrogens with one attached hydrogen (secondary N) is 1. The Morgan fingerprint density at radius 1 is 1.20 bits per heavy atom. The molecule has 1 amide bonds. The second-order valence-electron chi connectivity index (χ2n) is 7.42. The molecule has 160 valence electrons. The van der Waals surface area contributed by atoms with Gasteiger partial charge in [0.1, 0.15) is 16.7 Å². The highest BCUT2D eigenvalue weighted by atomic mass is 35.5. The van der Waals surface area contributed by atoms with Crippen LogP contribution in [0.25, 0.3) is 10.9 Å². The van der Waals surface area contributed by atoms with E-state index in [9.17, 15) is 9.00 Å². The summed E-state index contributed by atoms with van der Waals surface area (Å²) in [6.45, 7) is 5.12. The van der Waals surface area contributed by atoms with Crippen molar-refractivity contribution in [3.05, 3.63) is 64.3 Å². The summed E-state index contributed by atoms with van der Waals surface area (Å²) in [5, 5.41) is 1.98. The van der Waals surface area contributed by atoms with Crippen molar-refractivity contribution in [3.63, 3.8) is 0 Å². The van der Waals surface area contributed by atoms with Crippen LogP contribution in [0.1, 0.15) is 29.5 Å². The molecule has 0 aliphatic rings. The third-order valence-electron chi connectivity index (χ3n) is 4.98. The Morgan fingerprint density at radius 3 is 2.60 bits per heavy atom. The molecule has 1 heterocycles. The molecule has 30 heavy (non-hydrogen) atoms. The lowest BCUT2D eigenvalue weighted by Gasteiger charge is -2.10. The Bertz CT molecular complexity index is 1050. The van der Waals surface area contributed by atoms with Crippen molar-refractivity contribution in [2.45, 2.75) is 39.7 Å². The zero-order chi connectivity index (χ0) is 21.7. The van der Waals surface area contributed by atoms with Gasteiger partial charge in [0.05, 0.1) is 6.61 Å². The number of carbonyl (C=O) groups excluding carboxylic acids is 1. The lowest BCUT2D eigenvalue weighted by atomic mass is 10.1.